The van der Waals surface area contributed by atoms with Crippen LogP contribution in [0.1, 0.15) is 20.7 Å². The van der Waals surface area contributed by atoms with Gasteiger partial charge < -0.3 is 23.7 Å². The number of nitrogens with zero attached hydrogens (tertiary/aromatic N) is 2. The number of furan rings is 1. The van der Waals surface area contributed by atoms with Crippen molar-refractivity contribution >= 4 is 11.8 Å². The van der Waals surface area contributed by atoms with Gasteiger partial charge in [-0.25, -0.2) is 0 Å². The zero-order valence-corrected chi connectivity index (χ0v) is 15.2. The highest BCUT2D eigenvalue weighted by atomic mass is 16.5. The maximum absolute atomic E-state index is 12.8. The highest BCUT2D eigenvalue weighted by Crippen LogP contribution is 2.28. The third-order valence-electron chi connectivity index (χ3n) is 4.39. The summed E-state index contributed by atoms with van der Waals surface area (Å²) in [5.41, 5.74) is 1.04. The van der Waals surface area contributed by atoms with Gasteiger partial charge >= 0.3 is 0 Å². The van der Waals surface area contributed by atoms with Gasteiger partial charge in [0.25, 0.3) is 11.8 Å². The monoisotopic (exact) mass is 370 g/mol. The number of piperazine rings is 1. The average molecular weight is 370 g/mol. The van der Waals surface area contributed by atoms with Crippen molar-refractivity contribution in [3.8, 4) is 11.5 Å². The standard InChI is InChI=1S/C20H22N2O5/c1-3-11-27-17-5-4-15(13-18(17)25-2)19(23)21-7-9-22(10-8-21)20(24)16-6-12-26-14-16/h3-6,12-14H,1,7-11H2,2H3. The fourth-order valence-electron chi connectivity index (χ4n) is 2.93. The van der Waals surface area contributed by atoms with Gasteiger partial charge in [0.1, 0.15) is 12.9 Å². The Balaban J connectivity index is 1.63. The SMILES string of the molecule is C=CCOc1ccc(C(=O)N2CCN(C(=O)c3ccoc3)CC2)cc1OC. The van der Waals surface area contributed by atoms with Crippen molar-refractivity contribution < 1.29 is 23.5 Å². The number of benzene rings is 1. The van der Waals surface area contributed by atoms with Crippen LogP contribution in [0, 0.1) is 0 Å². The molecule has 1 saturated heterocycles. The summed E-state index contributed by atoms with van der Waals surface area (Å²) < 4.78 is 15.8. The van der Waals surface area contributed by atoms with Crippen LogP contribution in [0.5, 0.6) is 11.5 Å². The van der Waals surface area contributed by atoms with Crippen molar-refractivity contribution in [1.82, 2.24) is 9.80 Å². The number of carbonyl (C=O) groups is 2. The lowest BCUT2D eigenvalue weighted by atomic mass is 10.1. The van der Waals surface area contributed by atoms with E-state index in [1.165, 1.54) is 19.6 Å². The predicted octanol–water partition coefficient (Wildman–Crippen LogP) is 2.45. The lowest BCUT2D eigenvalue weighted by molar-refractivity contribution is 0.0535. The third-order valence-corrected chi connectivity index (χ3v) is 4.39. The van der Waals surface area contributed by atoms with Gasteiger partial charge in [-0.2, -0.15) is 0 Å². The summed E-state index contributed by atoms with van der Waals surface area (Å²) in [6.07, 6.45) is 4.55. The maximum atomic E-state index is 12.8. The summed E-state index contributed by atoms with van der Waals surface area (Å²) in [5, 5.41) is 0. The predicted molar refractivity (Wildman–Crippen MR) is 99.2 cm³/mol. The van der Waals surface area contributed by atoms with Gasteiger partial charge in [0.2, 0.25) is 0 Å². The molecule has 0 bridgehead atoms. The van der Waals surface area contributed by atoms with Crippen LogP contribution in [0.25, 0.3) is 0 Å². The average Bonchev–Trinajstić information content (AvgIpc) is 3.26. The molecule has 7 nitrogen and oxygen atoms in total. The van der Waals surface area contributed by atoms with Gasteiger partial charge in [-0.15, -0.1) is 0 Å². The van der Waals surface area contributed by atoms with Crippen LogP contribution in [-0.2, 0) is 0 Å². The topological polar surface area (TPSA) is 72.2 Å². The van der Waals surface area contributed by atoms with Crippen molar-refractivity contribution in [1.29, 1.82) is 0 Å². The second kappa shape index (κ2) is 8.44. The molecule has 142 valence electrons. The smallest absolute Gasteiger partial charge is 0.257 e. The molecule has 0 saturated carbocycles. The molecule has 0 radical (unpaired) electrons. The highest BCUT2D eigenvalue weighted by Gasteiger charge is 2.26. The van der Waals surface area contributed by atoms with E-state index in [4.69, 9.17) is 13.9 Å². The van der Waals surface area contributed by atoms with Crippen LogP contribution < -0.4 is 9.47 Å². The third kappa shape index (κ3) is 4.13. The lowest BCUT2D eigenvalue weighted by Crippen LogP contribution is -2.50. The summed E-state index contributed by atoms with van der Waals surface area (Å²) in [6.45, 7) is 5.87. The highest BCUT2D eigenvalue weighted by molar-refractivity contribution is 5.96. The van der Waals surface area contributed by atoms with E-state index in [9.17, 15) is 9.59 Å². The molecule has 1 aromatic carbocycles. The van der Waals surface area contributed by atoms with E-state index >= 15 is 0 Å². The van der Waals surface area contributed by atoms with Crippen LogP contribution >= 0.6 is 0 Å². The Morgan fingerprint density at radius 1 is 1.07 bits per heavy atom. The summed E-state index contributed by atoms with van der Waals surface area (Å²) in [4.78, 5) is 28.6. The normalized spacial score (nSPS) is 14.0. The minimum atomic E-state index is -0.0982. The largest absolute Gasteiger partial charge is 0.493 e. The molecule has 3 rings (SSSR count). The number of methoxy groups -OCH3 is 1. The fraction of sp³-hybridized carbons (Fsp3) is 0.300. The summed E-state index contributed by atoms with van der Waals surface area (Å²) >= 11 is 0. The summed E-state index contributed by atoms with van der Waals surface area (Å²) in [5.74, 6) is 0.876. The number of ether oxygens (including phenoxy) is 2. The molecule has 2 amide bonds. The van der Waals surface area contributed by atoms with E-state index in [2.05, 4.69) is 6.58 Å². The Kier molecular flexibility index (Phi) is 5.80. The molecule has 1 aliphatic heterocycles. The fourth-order valence-corrected chi connectivity index (χ4v) is 2.93. The molecular formula is C20H22N2O5. The van der Waals surface area contributed by atoms with Crippen molar-refractivity contribution in [2.75, 3.05) is 39.9 Å². The molecule has 1 aromatic heterocycles. The van der Waals surface area contributed by atoms with E-state index in [1.807, 2.05) is 0 Å². The van der Waals surface area contributed by atoms with E-state index in [-0.39, 0.29) is 11.8 Å². The zero-order valence-electron chi connectivity index (χ0n) is 15.2. The first-order chi connectivity index (χ1) is 13.1. The Labute approximate surface area is 157 Å². The van der Waals surface area contributed by atoms with Crippen LogP contribution in [0.3, 0.4) is 0 Å². The molecule has 2 heterocycles. The molecule has 7 heteroatoms. The molecular weight excluding hydrogens is 348 g/mol. The molecule has 1 fully saturated rings. The number of rotatable bonds is 6. The molecule has 0 aliphatic carbocycles. The van der Waals surface area contributed by atoms with Crippen LogP contribution in [0.4, 0.5) is 0 Å². The first-order valence-electron chi connectivity index (χ1n) is 8.66. The maximum Gasteiger partial charge on any atom is 0.257 e. The van der Waals surface area contributed by atoms with E-state index in [1.54, 1.807) is 40.1 Å². The Morgan fingerprint density at radius 3 is 2.30 bits per heavy atom. The first-order valence-corrected chi connectivity index (χ1v) is 8.66. The molecule has 0 spiro atoms. The van der Waals surface area contributed by atoms with Gasteiger partial charge in [-0.05, 0) is 24.3 Å². The second-order valence-electron chi connectivity index (χ2n) is 6.06. The van der Waals surface area contributed by atoms with Crippen molar-refractivity contribution in [2.45, 2.75) is 0 Å². The zero-order chi connectivity index (χ0) is 19.2. The minimum absolute atomic E-state index is 0.0822. The number of amides is 2. The van der Waals surface area contributed by atoms with E-state index < -0.39 is 0 Å². The van der Waals surface area contributed by atoms with Gasteiger partial charge in [-0.3, -0.25) is 9.59 Å². The van der Waals surface area contributed by atoms with E-state index in [0.717, 1.165) is 0 Å². The molecule has 0 N–H and O–H groups in total. The van der Waals surface area contributed by atoms with Gasteiger partial charge in [0.05, 0.1) is 18.9 Å². The van der Waals surface area contributed by atoms with Crippen LogP contribution in [-0.4, -0.2) is 61.5 Å². The Bertz CT molecular complexity index is 808. The molecule has 27 heavy (non-hydrogen) atoms. The van der Waals surface area contributed by atoms with Crippen LogP contribution in [0.2, 0.25) is 0 Å². The molecule has 0 unspecified atom stereocenters. The Hall–Kier alpha value is -3.22. The van der Waals surface area contributed by atoms with Crippen LogP contribution in [0.15, 0.2) is 53.9 Å². The molecule has 1 aliphatic rings. The Morgan fingerprint density at radius 2 is 1.74 bits per heavy atom. The number of hydrogen-bond acceptors (Lipinski definition) is 5. The van der Waals surface area contributed by atoms with E-state index in [0.29, 0.717) is 55.4 Å². The van der Waals surface area contributed by atoms with Crippen molar-refractivity contribution in [3.05, 3.63) is 60.6 Å². The van der Waals surface area contributed by atoms with Gasteiger partial charge in [0, 0.05) is 31.7 Å². The molecule has 0 atom stereocenters. The number of hydrogen-bond donors (Lipinski definition) is 0. The lowest BCUT2D eigenvalue weighted by Gasteiger charge is -2.34. The summed E-state index contributed by atoms with van der Waals surface area (Å²) in [6, 6.07) is 6.74. The quantitative estimate of drug-likeness (QED) is 0.731. The van der Waals surface area contributed by atoms with Crippen molar-refractivity contribution in [2.24, 2.45) is 0 Å². The van der Waals surface area contributed by atoms with Crippen molar-refractivity contribution in [3.63, 3.8) is 0 Å². The van der Waals surface area contributed by atoms with Gasteiger partial charge in [0.15, 0.2) is 11.5 Å². The number of carbonyl (C=O) groups excluding carboxylic acids is 2. The molecule has 2 aromatic rings. The second-order valence-corrected chi connectivity index (χ2v) is 6.06. The summed E-state index contributed by atoms with van der Waals surface area (Å²) in [7, 11) is 1.53. The van der Waals surface area contributed by atoms with Gasteiger partial charge in [-0.1, -0.05) is 12.7 Å². The first kappa shape index (κ1) is 18.6. The minimum Gasteiger partial charge on any atom is -0.493 e.